The van der Waals surface area contributed by atoms with Crippen LogP contribution in [-0.2, 0) is 0 Å². The van der Waals surface area contributed by atoms with Crippen molar-refractivity contribution in [3.63, 3.8) is 0 Å². The molecule has 1 rings (SSSR count). The van der Waals surface area contributed by atoms with Crippen LogP contribution in [0.4, 0.5) is 0 Å². The van der Waals surface area contributed by atoms with Crippen LogP contribution in [0.15, 0.2) is 0 Å². The molecule has 0 spiro atoms. The summed E-state index contributed by atoms with van der Waals surface area (Å²) >= 11 is 0. The van der Waals surface area contributed by atoms with Crippen LogP contribution >= 0.6 is 0 Å². The topological polar surface area (TPSA) is 39.1 Å². The lowest BCUT2D eigenvalue weighted by atomic mass is 9.96. The molecule has 0 aliphatic heterocycles. The summed E-state index contributed by atoms with van der Waals surface area (Å²) in [5.74, 6) is 0. The van der Waals surface area contributed by atoms with Gasteiger partial charge in [-0.05, 0) is 26.9 Å². The minimum absolute atomic E-state index is 0.316. The molecule has 0 amide bonds. The van der Waals surface area contributed by atoms with E-state index in [9.17, 15) is 0 Å². The van der Waals surface area contributed by atoms with E-state index in [1.54, 1.807) is 0 Å². The largest absolute Gasteiger partial charge is 0.303 e. The molecule has 0 atom stereocenters. The summed E-state index contributed by atoms with van der Waals surface area (Å²) in [7, 11) is 4.28. The Bertz CT molecular complexity index is 187. The van der Waals surface area contributed by atoms with Crippen molar-refractivity contribution in [3.8, 4) is 6.07 Å². The Morgan fingerprint density at radius 1 is 1.38 bits per heavy atom. The molecule has 13 heavy (non-hydrogen) atoms. The Labute approximate surface area is 80.7 Å². The van der Waals surface area contributed by atoms with Crippen LogP contribution < -0.4 is 5.32 Å². The number of likely N-dealkylation sites (N-methyl/N-ethyl adjacent to an activating group) is 1. The molecule has 74 valence electrons. The second-order valence-corrected chi connectivity index (χ2v) is 4.09. The van der Waals surface area contributed by atoms with Gasteiger partial charge in [-0.15, -0.1) is 0 Å². The van der Waals surface area contributed by atoms with Gasteiger partial charge in [-0.2, -0.15) is 5.26 Å². The molecular weight excluding hydrogens is 162 g/mol. The molecule has 0 aromatic carbocycles. The first kappa shape index (κ1) is 10.5. The van der Waals surface area contributed by atoms with Crippen molar-refractivity contribution in [3.05, 3.63) is 0 Å². The van der Waals surface area contributed by atoms with Crippen LogP contribution in [0.25, 0.3) is 0 Å². The van der Waals surface area contributed by atoms with E-state index in [4.69, 9.17) is 5.26 Å². The fourth-order valence-electron chi connectivity index (χ4n) is 2.17. The van der Waals surface area contributed by atoms with Gasteiger partial charge in [0.2, 0.25) is 0 Å². The molecule has 0 aromatic heterocycles. The Morgan fingerprint density at radius 3 is 2.46 bits per heavy atom. The number of rotatable bonds is 4. The van der Waals surface area contributed by atoms with Crippen molar-refractivity contribution >= 4 is 0 Å². The van der Waals surface area contributed by atoms with Gasteiger partial charge >= 0.3 is 0 Å². The zero-order valence-electron chi connectivity index (χ0n) is 8.64. The van der Waals surface area contributed by atoms with Crippen LogP contribution in [0.1, 0.15) is 25.7 Å². The molecule has 0 bridgehead atoms. The predicted molar refractivity (Wildman–Crippen MR) is 53.4 cm³/mol. The average Bonchev–Trinajstić information content (AvgIpc) is 2.55. The molecule has 1 N–H and O–H groups in total. The van der Waals surface area contributed by atoms with Crippen molar-refractivity contribution in [2.45, 2.75) is 31.2 Å². The molecular formula is C10H19N3. The van der Waals surface area contributed by atoms with E-state index in [0.717, 1.165) is 6.54 Å². The highest BCUT2D eigenvalue weighted by atomic mass is 15.2. The van der Waals surface area contributed by atoms with Crippen LogP contribution in [0.5, 0.6) is 0 Å². The summed E-state index contributed by atoms with van der Waals surface area (Å²) in [6.45, 7) is 1.42. The number of nitriles is 1. The molecule has 1 aliphatic carbocycles. The predicted octanol–water partition coefficient (Wildman–Crippen LogP) is 0.974. The first-order valence-corrected chi connectivity index (χ1v) is 4.96. The van der Waals surface area contributed by atoms with E-state index in [1.807, 2.05) is 0 Å². The van der Waals surface area contributed by atoms with E-state index in [2.05, 4.69) is 30.4 Å². The summed E-state index contributed by atoms with van der Waals surface area (Å²) in [6, 6.07) is 2.12. The van der Waals surface area contributed by atoms with Gasteiger partial charge in [0, 0.05) is 12.1 Å². The van der Waals surface area contributed by atoms with Crippen LogP contribution in [-0.4, -0.2) is 37.6 Å². The van der Waals surface area contributed by atoms with Crippen LogP contribution in [0, 0.1) is 11.3 Å². The summed E-state index contributed by atoms with van der Waals surface area (Å²) in [5.41, 5.74) is 0.316. The van der Waals surface area contributed by atoms with Crippen molar-refractivity contribution in [2.75, 3.05) is 27.2 Å². The van der Waals surface area contributed by atoms with Gasteiger partial charge < -0.3 is 10.2 Å². The average molecular weight is 181 g/mol. The molecule has 1 saturated carbocycles. The molecule has 1 aliphatic rings. The lowest BCUT2D eigenvalue weighted by Crippen LogP contribution is -2.49. The third kappa shape index (κ3) is 2.43. The van der Waals surface area contributed by atoms with Gasteiger partial charge in [0.05, 0.1) is 12.6 Å². The standard InChI is InChI=1S/C10H19N3/c1-13(2)10(5-3-4-6-10)9-12-8-7-11/h12H,3-6,8-9H2,1-2H3. The molecule has 0 unspecified atom stereocenters. The normalized spacial score (nSPS) is 20.5. The Balaban J connectivity index is 2.43. The lowest BCUT2D eigenvalue weighted by Gasteiger charge is -2.36. The Morgan fingerprint density at radius 2 is 2.00 bits per heavy atom. The van der Waals surface area contributed by atoms with Crippen molar-refractivity contribution in [2.24, 2.45) is 0 Å². The minimum Gasteiger partial charge on any atom is -0.303 e. The smallest absolute Gasteiger partial charge is 0.0841 e. The van der Waals surface area contributed by atoms with Gasteiger partial charge in [-0.25, -0.2) is 0 Å². The van der Waals surface area contributed by atoms with Gasteiger partial charge in [-0.1, -0.05) is 12.8 Å². The quantitative estimate of drug-likeness (QED) is 0.519. The highest BCUT2D eigenvalue weighted by Gasteiger charge is 2.35. The first-order valence-electron chi connectivity index (χ1n) is 4.96. The fourth-order valence-corrected chi connectivity index (χ4v) is 2.17. The highest BCUT2D eigenvalue weighted by Crippen LogP contribution is 2.32. The molecule has 0 radical (unpaired) electrons. The van der Waals surface area contributed by atoms with Crippen molar-refractivity contribution < 1.29 is 0 Å². The maximum absolute atomic E-state index is 8.44. The maximum Gasteiger partial charge on any atom is 0.0841 e. The molecule has 1 fully saturated rings. The van der Waals surface area contributed by atoms with Gasteiger partial charge in [0.1, 0.15) is 0 Å². The lowest BCUT2D eigenvalue weighted by molar-refractivity contribution is 0.156. The van der Waals surface area contributed by atoms with Crippen LogP contribution in [0.3, 0.4) is 0 Å². The number of hydrogen-bond acceptors (Lipinski definition) is 3. The van der Waals surface area contributed by atoms with E-state index in [0.29, 0.717) is 12.1 Å². The molecule has 0 heterocycles. The zero-order valence-corrected chi connectivity index (χ0v) is 8.64. The zero-order chi connectivity index (χ0) is 9.73. The summed E-state index contributed by atoms with van der Waals surface area (Å²) < 4.78 is 0. The number of nitrogens with zero attached hydrogens (tertiary/aromatic N) is 2. The molecule has 0 aromatic rings. The first-order chi connectivity index (χ1) is 6.21. The maximum atomic E-state index is 8.44. The molecule has 0 saturated heterocycles. The van der Waals surface area contributed by atoms with E-state index in [-0.39, 0.29) is 0 Å². The Hall–Kier alpha value is -0.590. The molecule has 3 heteroatoms. The second-order valence-electron chi connectivity index (χ2n) is 4.09. The third-order valence-electron chi connectivity index (χ3n) is 3.14. The summed E-state index contributed by atoms with van der Waals surface area (Å²) in [4.78, 5) is 2.31. The van der Waals surface area contributed by atoms with Gasteiger partial charge in [0.15, 0.2) is 0 Å². The van der Waals surface area contributed by atoms with E-state index in [1.165, 1.54) is 25.7 Å². The number of nitrogens with one attached hydrogen (secondary N) is 1. The SMILES string of the molecule is CN(C)C1(CNCC#N)CCCC1. The van der Waals surface area contributed by atoms with Crippen LogP contribution in [0.2, 0.25) is 0 Å². The number of hydrogen-bond donors (Lipinski definition) is 1. The minimum atomic E-state index is 0.316. The van der Waals surface area contributed by atoms with Gasteiger partial charge in [0.25, 0.3) is 0 Å². The fraction of sp³-hybridized carbons (Fsp3) is 0.900. The highest BCUT2D eigenvalue weighted by molar-refractivity contribution is 4.95. The van der Waals surface area contributed by atoms with Gasteiger partial charge in [-0.3, -0.25) is 0 Å². The third-order valence-corrected chi connectivity index (χ3v) is 3.14. The monoisotopic (exact) mass is 181 g/mol. The second kappa shape index (κ2) is 4.59. The van der Waals surface area contributed by atoms with E-state index >= 15 is 0 Å². The molecule has 3 nitrogen and oxygen atoms in total. The van der Waals surface area contributed by atoms with E-state index < -0.39 is 0 Å². The van der Waals surface area contributed by atoms with Crippen molar-refractivity contribution in [1.82, 2.24) is 10.2 Å². The summed E-state index contributed by atoms with van der Waals surface area (Å²) in [5, 5.41) is 11.6. The van der Waals surface area contributed by atoms with Crippen molar-refractivity contribution in [1.29, 1.82) is 5.26 Å². The Kier molecular flexibility index (Phi) is 3.71. The summed E-state index contributed by atoms with van der Waals surface area (Å²) in [6.07, 6.45) is 5.18.